The highest BCUT2D eigenvalue weighted by atomic mass is 17.2. The molecule has 0 radical (unpaired) electrons. The summed E-state index contributed by atoms with van der Waals surface area (Å²) >= 11 is 0. The average Bonchev–Trinajstić information content (AvgIpc) is 1.97. The van der Waals surface area contributed by atoms with Crippen LogP contribution in [0.25, 0.3) is 0 Å². The lowest BCUT2D eigenvalue weighted by molar-refractivity contribution is -0.297. The molecule has 0 saturated carbocycles. The Bertz CT molecular complexity index is 112. The summed E-state index contributed by atoms with van der Waals surface area (Å²) in [4.78, 5) is 19.6. The molecule has 0 aliphatic carbocycles. The summed E-state index contributed by atoms with van der Waals surface area (Å²) in [5.41, 5.74) is 0. The van der Waals surface area contributed by atoms with Crippen LogP contribution in [0.2, 0.25) is 0 Å². The molecule has 0 aromatic heterocycles. The molecule has 1 atom stereocenters. The molecule has 0 amide bonds. The molecular weight excluding hydrogens is 144 g/mol. The zero-order chi connectivity index (χ0) is 8.69. The summed E-state index contributed by atoms with van der Waals surface area (Å²) in [6.45, 7) is 5.41. The summed E-state index contributed by atoms with van der Waals surface area (Å²) in [5.74, 6) is -0.389. The van der Waals surface area contributed by atoms with Crippen LogP contribution in [0.4, 0.5) is 0 Å². The van der Waals surface area contributed by atoms with E-state index in [-0.39, 0.29) is 12.1 Å². The predicted molar refractivity (Wildman–Crippen MR) is 41.8 cm³/mol. The maximum atomic E-state index is 10.3. The number of hydrogen-bond donors (Lipinski definition) is 0. The predicted octanol–water partition coefficient (Wildman–Crippen LogP) is 2.06. The Morgan fingerprint density at radius 3 is 2.45 bits per heavy atom. The van der Waals surface area contributed by atoms with Gasteiger partial charge in [0.25, 0.3) is 0 Å². The second-order valence-corrected chi connectivity index (χ2v) is 2.49. The van der Waals surface area contributed by atoms with Crippen LogP contribution < -0.4 is 0 Å². The molecule has 11 heavy (non-hydrogen) atoms. The van der Waals surface area contributed by atoms with E-state index >= 15 is 0 Å². The molecule has 1 unspecified atom stereocenters. The first-order chi connectivity index (χ1) is 5.20. The Hall–Kier alpha value is -0.570. The summed E-state index contributed by atoms with van der Waals surface area (Å²) in [7, 11) is 0. The quantitative estimate of drug-likeness (QED) is 0.456. The lowest BCUT2D eigenvalue weighted by atomic mass is 10.2. The molecule has 66 valence electrons. The molecule has 0 aliphatic rings. The van der Waals surface area contributed by atoms with E-state index < -0.39 is 0 Å². The van der Waals surface area contributed by atoms with Crippen LogP contribution in [0.3, 0.4) is 0 Å². The van der Waals surface area contributed by atoms with Gasteiger partial charge in [0.1, 0.15) is 6.10 Å². The topological polar surface area (TPSA) is 35.5 Å². The monoisotopic (exact) mass is 160 g/mol. The van der Waals surface area contributed by atoms with Gasteiger partial charge in [-0.15, -0.1) is 0 Å². The minimum absolute atomic E-state index is 0.0592. The van der Waals surface area contributed by atoms with Gasteiger partial charge < -0.3 is 0 Å². The van der Waals surface area contributed by atoms with Crippen molar-refractivity contribution in [3.63, 3.8) is 0 Å². The normalized spacial score (nSPS) is 12.6. The Labute approximate surface area is 67.6 Å². The van der Waals surface area contributed by atoms with Crippen LogP contribution in [-0.4, -0.2) is 12.1 Å². The highest BCUT2D eigenvalue weighted by Gasteiger charge is 2.07. The Morgan fingerprint density at radius 2 is 2.09 bits per heavy atom. The molecule has 3 nitrogen and oxygen atoms in total. The molecule has 0 saturated heterocycles. The van der Waals surface area contributed by atoms with E-state index in [0.29, 0.717) is 0 Å². The van der Waals surface area contributed by atoms with E-state index in [1.54, 1.807) is 0 Å². The van der Waals surface area contributed by atoms with Gasteiger partial charge in [0.05, 0.1) is 0 Å². The van der Waals surface area contributed by atoms with Crippen LogP contribution >= 0.6 is 0 Å². The van der Waals surface area contributed by atoms with Gasteiger partial charge in [-0.25, -0.2) is 4.79 Å². The Kier molecular flexibility index (Phi) is 5.84. The van der Waals surface area contributed by atoms with Crippen molar-refractivity contribution in [1.82, 2.24) is 0 Å². The van der Waals surface area contributed by atoms with Gasteiger partial charge in [0.15, 0.2) is 0 Å². The van der Waals surface area contributed by atoms with E-state index in [2.05, 4.69) is 11.8 Å². The van der Waals surface area contributed by atoms with Crippen LogP contribution in [0.1, 0.15) is 40.0 Å². The largest absolute Gasteiger partial charge is 0.339 e. The van der Waals surface area contributed by atoms with Gasteiger partial charge in [-0.3, -0.25) is 4.89 Å². The third-order valence-corrected chi connectivity index (χ3v) is 1.37. The van der Waals surface area contributed by atoms with Gasteiger partial charge in [-0.1, -0.05) is 20.3 Å². The standard InChI is InChI=1S/C8H16O3/c1-4-6-8(5-2)11-10-7(3)9/h8H,4-6H2,1-3H3. The van der Waals surface area contributed by atoms with E-state index in [1.165, 1.54) is 6.92 Å². The summed E-state index contributed by atoms with van der Waals surface area (Å²) < 4.78 is 0. The molecular formula is C8H16O3. The number of hydrogen-bond acceptors (Lipinski definition) is 3. The Morgan fingerprint density at radius 1 is 1.45 bits per heavy atom. The van der Waals surface area contributed by atoms with Gasteiger partial charge in [0, 0.05) is 6.92 Å². The smallest absolute Gasteiger partial charge is 0.298 e. The lowest BCUT2D eigenvalue weighted by Crippen LogP contribution is -2.13. The van der Waals surface area contributed by atoms with Crippen molar-refractivity contribution >= 4 is 5.97 Å². The first-order valence-electron chi connectivity index (χ1n) is 4.04. The van der Waals surface area contributed by atoms with Crippen molar-refractivity contribution in [1.29, 1.82) is 0 Å². The second-order valence-electron chi connectivity index (χ2n) is 2.49. The minimum Gasteiger partial charge on any atom is -0.298 e. The molecule has 0 aromatic rings. The third kappa shape index (κ3) is 5.85. The van der Waals surface area contributed by atoms with Crippen molar-refractivity contribution in [3.05, 3.63) is 0 Å². The van der Waals surface area contributed by atoms with Gasteiger partial charge >= 0.3 is 5.97 Å². The molecule has 0 heterocycles. The maximum Gasteiger partial charge on any atom is 0.339 e. The zero-order valence-electron chi connectivity index (χ0n) is 7.42. The maximum absolute atomic E-state index is 10.3. The van der Waals surface area contributed by atoms with Crippen LogP contribution in [-0.2, 0) is 14.6 Å². The summed E-state index contributed by atoms with van der Waals surface area (Å²) in [6, 6.07) is 0. The average molecular weight is 160 g/mol. The summed E-state index contributed by atoms with van der Waals surface area (Å²) in [5, 5.41) is 0. The van der Waals surface area contributed by atoms with E-state index in [1.807, 2.05) is 6.92 Å². The van der Waals surface area contributed by atoms with Crippen LogP contribution in [0.5, 0.6) is 0 Å². The first-order valence-corrected chi connectivity index (χ1v) is 4.04. The van der Waals surface area contributed by atoms with Gasteiger partial charge in [-0.2, -0.15) is 4.89 Å². The molecule has 0 fully saturated rings. The highest BCUT2D eigenvalue weighted by molar-refractivity contribution is 5.65. The molecule has 0 N–H and O–H groups in total. The molecule has 0 spiro atoms. The summed E-state index contributed by atoms with van der Waals surface area (Å²) in [6.07, 6.45) is 2.91. The number of carbonyl (C=O) groups excluding carboxylic acids is 1. The highest BCUT2D eigenvalue weighted by Crippen LogP contribution is 2.06. The van der Waals surface area contributed by atoms with Gasteiger partial charge in [-0.05, 0) is 12.8 Å². The van der Waals surface area contributed by atoms with Crippen molar-refractivity contribution < 1.29 is 14.6 Å². The molecule has 3 heteroatoms. The van der Waals surface area contributed by atoms with Crippen molar-refractivity contribution in [2.75, 3.05) is 0 Å². The third-order valence-electron chi connectivity index (χ3n) is 1.37. The molecule has 0 rings (SSSR count). The fraction of sp³-hybridized carbons (Fsp3) is 0.875. The van der Waals surface area contributed by atoms with Gasteiger partial charge in [0.2, 0.25) is 0 Å². The lowest BCUT2D eigenvalue weighted by Gasteiger charge is -2.11. The van der Waals surface area contributed by atoms with Crippen molar-refractivity contribution in [2.45, 2.75) is 46.1 Å². The Balaban J connectivity index is 3.43. The number of carbonyl (C=O) groups is 1. The van der Waals surface area contributed by atoms with Crippen molar-refractivity contribution in [3.8, 4) is 0 Å². The minimum atomic E-state index is -0.389. The second kappa shape index (κ2) is 6.16. The van der Waals surface area contributed by atoms with Crippen molar-refractivity contribution in [2.24, 2.45) is 0 Å². The van der Waals surface area contributed by atoms with E-state index in [0.717, 1.165) is 19.3 Å². The molecule has 0 aromatic carbocycles. The number of rotatable bonds is 5. The van der Waals surface area contributed by atoms with Crippen LogP contribution in [0, 0.1) is 0 Å². The fourth-order valence-corrected chi connectivity index (χ4v) is 0.778. The zero-order valence-corrected chi connectivity index (χ0v) is 7.42. The van der Waals surface area contributed by atoms with E-state index in [4.69, 9.17) is 4.89 Å². The van der Waals surface area contributed by atoms with Crippen LogP contribution in [0.15, 0.2) is 0 Å². The SMILES string of the molecule is CCCC(CC)OOC(C)=O. The molecule has 0 aliphatic heterocycles. The van der Waals surface area contributed by atoms with E-state index in [9.17, 15) is 4.79 Å². The fourth-order valence-electron chi connectivity index (χ4n) is 0.778. The molecule has 0 bridgehead atoms. The first kappa shape index (κ1) is 10.4.